The number of phenols is 1. The van der Waals surface area contributed by atoms with Gasteiger partial charge in [-0.3, -0.25) is 9.59 Å². The van der Waals surface area contributed by atoms with Gasteiger partial charge in [-0.2, -0.15) is 0 Å². The van der Waals surface area contributed by atoms with Crippen LogP contribution in [-0.2, 0) is 16.0 Å². The fraction of sp³-hybridized carbons (Fsp3) is 0.481. The Bertz CT molecular complexity index is 1010. The van der Waals surface area contributed by atoms with E-state index in [1.807, 2.05) is 41.8 Å². The molecular formula is C27H40N2O5. The predicted molar refractivity (Wildman–Crippen MR) is 137 cm³/mol. The molecule has 7 heteroatoms. The van der Waals surface area contributed by atoms with Crippen molar-refractivity contribution in [2.24, 2.45) is 17.6 Å². The first-order valence-corrected chi connectivity index (χ1v) is 11.7. The Hall–Kier alpha value is -2.74. The number of benzene rings is 1. The van der Waals surface area contributed by atoms with Crippen LogP contribution in [0.1, 0.15) is 50.3 Å². The molecule has 0 spiro atoms. The molecule has 1 aromatic carbocycles. The molecule has 1 fully saturated rings. The SMILES string of the molecule is C=C1C(C=O)=C(C)C[C@@H]2CC3Cc4c(C)ccc(O)c4C(O)=C3C(=O)[C@]12O.CC.CN.CNC. The summed E-state index contributed by atoms with van der Waals surface area (Å²) >= 11 is 0. The van der Waals surface area contributed by atoms with Crippen LogP contribution in [0.3, 0.4) is 0 Å². The van der Waals surface area contributed by atoms with Crippen molar-refractivity contribution in [1.29, 1.82) is 0 Å². The summed E-state index contributed by atoms with van der Waals surface area (Å²) in [5, 5.41) is 35.2. The molecule has 0 amide bonds. The topological polar surface area (TPSA) is 133 Å². The molecule has 0 radical (unpaired) electrons. The number of hydrogen-bond donors (Lipinski definition) is 5. The first kappa shape index (κ1) is 29.3. The number of aldehydes is 1. The van der Waals surface area contributed by atoms with Crippen LogP contribution in [0.2, 0.25) is 0 Å². The minimum atomic E-state index is -1.90. The quantitative estimate of drug-likeness (QED) is 0.396. The van der Waals surface area contributed by atoms with Crippen LogP contribution in [0.25, 0.3) is 5.76 Å². The Morgan fingerprint density at radius 2 is 1.71 bits per heavy atom. The predicted octanol–water partition coefficient (Wildman–Crippen LogP) is 3.37. The highest BCUT2D eigenvalue weighted by Crippen LogP contribution is 2.53. The summed E-state index contributed by atoms with van der Waals surface area (Å²) in [6.45, 7) is 11.6. The van der Waals surface area contributed by atoms with E-state index < -0.39 is 11.4 Å². The lowest BCUT2D eigenvalue weighted by Gasteiger charge is -2.48. The number of carbonyl (C=O) groups excluding carboxylic acids is 2. The van der Waals surface area contributed by atoms with Gasteiger partial charge in [0.1, 0.15) is 17.8 Å². The van der Waals surface area contributed by atoms with E-state index in [4.69, 9.17) is 0 Å². The Labute approximate surface area is 203 Å². The van der Waals surface area contributed by atoms with Gasteiger partial charge in [-0.1, -0.05) is 32.1 Å². The normalized spacial score (nSPS) is 24.7. The van der Waals surface area contributed by atoms with Gasteiger partial charge in [-0.05, 0) is 82.9 Å². The third kappa shape index (κ3) is 4.73. The second kappa shape index (κ2) is 12.1. The fourth-order valence-electron chi connectivity index (χ4n) is 5.07. The molecule has 3 aliphatic rings. The molecule has 34 heavy (non-hydrogen) atoms. The molecule has 7 nitrogen and oxygen atoms in total. The highest BCUT2D eigenvalue weighted by atomic mass is 16.3. The van der Waals surface area contributed by atoms with Gasteiger partial charge in [0.2, 0.25) is 0 Å². The van der Waals surface area contributed by atoms with Gasteiger partial charge in [-0.15, -0.1) is 0 Å². The van der Waals surface area contributed by atoms with Crippen molar-refractivity contribution in [2.45, 2.75) is 52.6 Å². The van der Waals surface area contributed by atoms with Crippen LogP contribution in [0.5, 0.6) is 5.75 Å². The van der Waals surface area contributed by atoms with Gasteiger partial charge in [-0.25, -0.2) is 0 Å². The Morgan fingerprint density at radius 1 is 1.15 bits per heavy atom. The number of aliphatic hydroxyl groups is 2. The average Bonchev–Trinajstić information content (AvgIpc) is 2.82. The zero-order valence-corrected chi connectivity index (χ0v) is 21.5. The molecule has 0 aromatic heterocycles. The van der Waals surface area contributed by atoms with E-state index in [0.717, 1.165) is 16.7 Å². The van der Waals surface area contributed by atoms with Crippen molar-refractivity contribution in [2.75, 3.05) is 21.1 Å². The Balaban J connectivity index is 0.000000750. The van der Waals surface area contributed by atoms with Crippen LogP contribution in [0, 0.1) is 18.8 Å². The monoisotopic (exact) mass is 472 g/mol. The molecule has 0 heterocycles. The van der Waals surface area contributed by atoms with Gasteiger partial charge < -0.3 is 26.4 Å². The second-order valence-electron chi connectivity index (χ2n) is 8.44. The highest BCUT2D eigenvalue weighted by Gasteiger charge is 2.57. The molecule has 4 rings (SSSR count). The van der Waals surface area contributed by atoms with E-state index in [1.54, 1.807) is 6.07 Å². The summed E-state index contributed by atoms with van der Waals surface area (Å²) < 4.78 is 0. The van der Waals surface area contributed by atoms with Crippen molar-refractivity contribution in [3.05, 3.63) is 57.7 Å². The number of fused-ring (bicyclic) bond motifs is 3. The fourth-order valence-corrected chi connectivity index (χ4v) is 5.07. The molecule has 1 unspecified atom stereocenters. The first-order chi connectivity index (χ1) is 16.1. The summed E-state index contributed by atoms with van der Waals surface area (Å²) in [6.07, 6.45) is 2.08. The number of allylic oxidation sites excluding steroid dienone is 1. The van der Waals surface area contributed by atoms with Gasteiger partial charge >= 0.3 is 0 Å². The zero-order valence-electron chi connectivity index (χ0n) is 21.5. The summed E-state index contributed by atoms with van der Waals surface area (Å²) in [5.74, 6) is -1.60. The van der Waals surface area contributed by atoms with Crippen LogP contribution in [0.4, 0.5) is 0 Å². The molecule has 1 aromatic rings. The number of phenolic OH excluding ortho intramolecular Hbond substituents is 1. The van der Waals surface area contributed by atoms with E-state index >= 15 is 0 Å². The number of aryl methyl sites for hydroxylation is 1. The van der Waals surface area contributed by atoms with E-state index in [9.17, 15) is 24.9 Å². The minimum Gasteiger partial charge on any atom is -0.507 e. The number of Topliss-reactive ketones (excluding diaryl/α,β-unsaturated/α-hetero) is 1. The molecule has 188 valence electrons. The molecule has 3 aliphatic carbocycles. The van der Waals surface area contributed by atoms with Crippen LogP contribution < -0.4 is 11.1 Å². The molecular weight excluding hydrogens is 432 g/mol. The maximum absolute atomic E-state index is 13.4. The summed E-state index contributed by atoms with van der Waals surface area (Å²) in [4.78, 5) is 24.8. The molecule has 1 saturated carbocycles. The van der Waals surface area contributed by atoms with Crippen molar-refractivity contribution in [3.63, 3.8) is 0 Å². The first-order valence-electron chi connectivity index (χ1n) is 11.7. The Kier molecular flexibility index (Phi) is 10.4. The molecule has 6 N–H and O–H groups in total. The van der Waals surface area contributed by atoms with Gasteiger partial charge in [0.15, 0.2) is 11.4 Å². The lowest BCUT2D eigenvalue weighted by molar-refractivity contribution is -0.139. The molecule has 0 aliphatic heterocycles. The third-order valence-corrected chi connectivity index (χ3v) is 6.54. The number of nitrogens with two attached hydrogens (primary N) is 1. The van der Waals surface area contributed by atoms with Gasteiger partial charge in [0.05, 0.1) is 5.56 Å². The number of hydrogen-bond acceptors (Lipinski definition) is 7. The van der Waals surface area contributed by atoms with E-state index in [2.05, 4.69) is 17.6 Å². The molecule has 0 bridgehead atoms. The summed E-state index contributed by atoms with van der Waals surface area (Å²) in [5.41, 5.74) is 5.97. The standard InChI is InChI=1S/C22H22O5.C2H7N.C2H6.CH5N/c1-10-4-5-17(24)19-15(10)8-13-7-14-6-11(2)16(9-23)12(3)22(14,27)21(26)18(13)20(19)25;1-3-2;2*1-2/h4-5,9,13-14,24-25,27H,3,6-8H2,1-2H3;3H,1-2H3;1-2H3;2H2,1H3/t13?,14-,22+;;;/m1.../s1. The second-order valence-corrected chi connectivity index (χ2v) is 8.44. The number of aromatic hydroxyl groups is 1. The minimum absolute atomic E-state index is 0.0900. The largest absolute Gasteiger partial charge is 0.507 e. The number of carbonyl (C=O) groups is 2. The number of aliphatic hydroxyl groups excluding tert-OH is 1. The summed E-state index contributed by atoms with van der Waals surface area (Å²) in [7, 11) is 5.25. The van der Waals surface area contributed by atoms with E-state index in [1.165, 1.54) is 13.1 Å². The molecule has 0 saturated heterocycles. The lowest BCUT2D eigenvalue weighted by Crippen LogP contribution is -2.56. The smallest absolute Gasteiger partial charge is 0.199 e. The average molecular weight is 473 g/mol. The van der Waals surface area contributed by atoms with Crippen molar-refractivity contribution >= 4 is 17.8 Å². The third-order valence-electron chi connectivity index (χ3n) is 6.54. The maximum Gasteiger partial charge on any atom is 0.199 e. The molecule has 3 atom stereocenters. The van der Waals surface area contributed by atoms with E-state index in [0.29, 0.717) is 25.5 Å². The number of nitrogens with one attached hydrogen (secondary N) is 1. The van der Waals surface area contributed by atoms with Crippen molar-refractivity contribution in [1.82, 2.24) is 5.32 Å². The van der Waals surface area contributed by atoms with Crippen molar-refractivity contribution < 1.29 is 24.9 Å². The van der Waals surface area contributed by atoms with Gasteiger partial charge in [0.25, 0.3) is 0 Å². The zero-order chi connectivity index (χ0) is 26.4. The van der Waals surface area contributed by atoms with Gasteiger partial charge in [0, 0.05) is 17.1 Å². The number of rotatable bonds is 1. The van der Waals surface area contributed by atoms with E-state index in [-0.39, 0.29) is 45.6 Å². The Morgan fingerprint density at radius 3 is 2.24 bits per heavy atom. The maximum atomic E-state index is 13.4. The lowest BCUT2D eigenvalue weighted by atomic mass is 9.57. The van der Waals surface area contributed by atoms with Crippen LogP contribution >= 0.6 is 0 Å². The van der Waals surface area contributed by atoms with Crippen LogP contribution in [-0.4, -0.2) is 54.1 Å². The van der Waals surface area contributed by atoms with Crippen LogP contribution in [0.15, 0.2) is 41.0 Å². The highest BCUT2D eigenvalue weighted by molar-refractivity contribution is 6.12. The van der Waals surface area contributed by atoms with Crippen molar-refractivity contribution in [3.8, 4) is 5.75 Å². The number of ketones is 1. The summed E-state index contributed by atoms with van der Waals surface area (Å²) in [6, 6.07) is 3.28.